The summed E-state index contributed by atoms with van der Waals surface area (Å²) < 4.78 is 5.22. The molecule has 1 amide bonds. The number of nitrogens with one attached hydrogen (secondary N) is 2. The average molecular weight is 452 g/mol. The minimum absolute atomic E-state index is 0. The molecule has 0 unspecified atom stereocenters. The maximum atomic E-state index is 11.6. The Bertz CT molecular complexity index is 444. The maximum absolute atomic E-state index is 11.6. The Morgan fingerprint density at radius 2 is 1.96 bits per heavy atom. The third kappa shape index (κ3) is 6.29. The van der Waals surface area contributed by atoms with Gasteiger partial charge in [0, 0.05) is 26.2 Å². The van der Waals surface area contributed by atoms with E-state index in [1.54, 1.807) is 0 Å². The molecule has 2 rings (SSSR count). The number of guanidine groups is 1. The summed E-state index contributed by atoms with van der Waals surface area (Å²) in [5.74, 6) is 0.974. The number of hydrogen-bond acceptors (Lipinski definition) is 3. The molecule has 1 aliphatic carbocycles. The van der Waals surface area contributed by atoms with Crippen molar-refractivity contribution in [3.8, 4) is 0 Å². The van der Waals surface area contributed by atoms with E-state index in [0.29, 0.717) is 18.5 Å². The van der Waals surface area contributed by atoms with Crippen LogP contribution >= 0.6 is 24.0 Å². The van der Waals surface area contributed by atoms with Crippen LogP contribution in [0.4, 0.5) is 4.79 Å². The highest BCUT2D eigenvalue weighted by Crippen LogP contribution is 2.47. The molecule has 0 aromatic rings. The molecular weight excluding hydrogens is 419 g/mol. The first-order valence-corrected chi connectivity index (χ1v) is 8.84. The number of hydrogen-bond donors (Lipinski definition) is 2. The lowest BCUT2D eigenvalue weighted by molar-refractivity contribution is 0.0529. The summed E-state index contributed by atoms with van der Waals surface area (Å²) in [6.45, 7) is 11.8. The second-order valence-corrected chi connectivity index (χ2v) is 7.69. The molecule has 1 spiro atoms. The maximum Gasteiger partial charge on any atom is 0.407 e. The van der Waals surface area contributed by atoms with Crippen molar-refractivity contribution in [1.29, 1.82) is 0 Å². The number of alkyl carbamates (subject to hydrolysis) is 1. The smallest absolute Gasteiger partial charge is 0.407 e. The molecule has 1 heterocycles. The van der Waals surface area contributed by atoms with Crippen LogP contribution in [-0.4, -0.2) is 55.3 Å². The fourth-order valence-corrected chi connectivity index (χ4v) is 3.26. The van der Waals surface area contributed by atoms with Crippen LogP contribution in [0.2, 0.25) is 0 Å². The van der Waals surface area contributed by atoms with Crippen molar-refractivity contribution in [2.24, 2.45) is 10.4 Å². The minimum Gasteiger partial charge on any atom is -0.444 e. The van der Waals surface area contributed by atoms with E-state index in [0.717, 1.165) is 25.6 Å². The SMILES string of the molecule is CCNC(=NCCNC(=O)OC(C)(C)C)N1CCC2(CCC2)C1.I. The van der Waals surface area contributed by atoms with E-state index in [4.69, 9.17) is 4.74 Å². The summed E-state index contributed by atoms with van der Waals surface area (Å²) in [5.41, 5.74) is 0.0971. The monoisotopic (exact) mass is 452 g/mol. The zero-order valence-corrected chi connectivity index (χ0v) is 17.8. The molecule has 24 heavy (non-hydrogen) atoms. The predicted molar refractivity (Wildman–Crippen MR) is 108 cm³/mol. The van der Waals surface area contributed by atoms with Crippen LogP contribution in [0.25, 0.3) is 0 Å². The molecule has 0 aromatic heterocycles. The number of likely N-dealkylation sites (tertiary alicyclic amines) is 1. The Morgan fingerprint density at radius 3 is 2.46 bits per heavy atom. The number of rotatable bonds is 4. The summed E-state index contributed by atoms with van der Waals surface area (Å²) >= 11 is 0. The van der Waals surface area contributed by atoms with Gasteiger partial charge in [0.25, 0.3) is 0 Å². The third-order valence-corrected chi connectivity index (χ3v) is 4.53. The van der Waals surface area contributed by atoms with Crippen molar-refractivity contribution in [2.75, 3.05) is 32.7 Å². The molecule has 0 radical (unpaired) electrons. The van der Waals surface area contributed by atoms with Crippen LogP contribution in [0, 0.1) is 5.41 Å². The number of carbonyl (C=O) groups is 1. The van der Waals surface area contributed by atoms with Crippen molar-refractivity contribution < 1.29 is 9.53 Å². The molecule has 1 saturated carbocycles. The Kier molecular flexibility index (Phi) is 8.08. The van der Waals surface area contributed by atoms with Gasteiger partial charge in [-0.25, -0.2) is 4.79 Å². The Balaban J connectivity index is 0.00000288. The van der Waals surface area contributed by atoms with Crippen molar-refractivity contribution in [3.63, 3.8) is 0 Å². The third-order valence-electron chi connectivity index (χ3n) is 4.53. The normalized spacial score (nSPS) is 19.5. The summed E-state index contributed by atoms with van der Waals surface area (Å²) in [6, 6.07) is 0. The van der Waals surface area contributed by atoms with Crippen molar-refractivity contribution in [3.05, 3.63) is 0 Å². The highest BCUT2D eigenvalue weighted by atomic mass is 127. The van der Waals surface area contributed by atoms with Gasteiger partial charge in [0.05, 0.1) is 6.54 Å². The van der Waals surface area contributed by atoms with Gasteiger partial charge in [0.1, 0.15) is 5.60 Å². The fraction of sp³-hybridized carbons (Fsp3) is 0.882. The van der Waals surface area contributed by atoms with E-state index in [1.807, 2.05) is 20.8 Å². The second kappa shape index (κ2) is 9.10. The molecular formula is C17H33IN4O2. The first-order valence-electron chi connectivity index (χ1n) is 8.84. The number of aliphatic imine (C=N–C) groups is 1. The van der Waals surface area contributed by atoms with E-state index in [2.05, 4.69) is 27.4 Å². The topological polar surface area (TPSA) is 66.0 Å². The van der Waals surface area contributed by atoms with Gasteiger partial charge in [0.2, 0.25) is 0 Å². The molecule has 6 nitrogen and oxygen atoms in total. The highest BCUT2D eigenvalue weighted by molar-refractivity contribution is 14.0. The summed E-state index contributed by atoms with van der Waals surface area (Å²) in [5, 5.41) is 6.12. The Morgan fingerprint density at radius 1 is 1.25 bits per heavy atom. The molecule has 2 N–H and O–H groups in total. The van der Waals surface area contributed by atoms with E-state index in [1.165, 1.54) is 25.7 Å². The van der Waals surface area contributed by atoms with E-state index in [9.17, 15) is 4.79 Å². The van der Waals surface area contributed by atoms with Crippen LogP contribution in [0.15, 0.2) is 4.99 Å². The van der Waals surface area contributed by atoms with Crippen LogP contribution < -0.4 is 10.6 Å². The zero-order chi connectivity index (χ0) is 16.9. The average Bonchev–Trinajstić information content (AvgIpc) is 2.85. The van der Waals surface area contributed by atoms with Crippen LogP contribution in [0.1, 0.15) is 53.4 Å². The van der Waals surface area contributed by atoms with Gasteiger partial charge < -0.3 is 20.3 Å². The lowest BCUT2D eigenvalue weighted by Crippen LogP contribution is -2.43. The fourth-order valence-electron chi connectivity index (χ4n) is 3.26. The van der Waals surface area contributed by atoms with Gasteiger partial charge >= 0.3 is 6.09 Å². The molecule has 7 heteroatoms. The van der Waals surface area contributed by atoms with Crippen LogP contribution in [-0.2, 0) is 4.74 Å². The van der Waals surface area contributed by atoms with Gasteiger partial charge in [0.15, 0.2) is 5.96 Å². The van der Waals surface area contributed by atoms with Gasteiger partial charge in [-0.05, 0) is 52.4 Å². The Hall–Kier alpha value is -0.730. The molecule has 2 fully saturated rings. The predicted octanol–water partition coefficient (Wildman–Crippen LogP) is 2.97. The molecule has 0 atom stereocenters. The molecule has 1 saturated heterocycles. The summed E-state index contributed by atoms with van der Waals surface area (Å²) in [4.78, 5) is 18.6. The summed E-state index contributed by atoms with van der Waals surface area (Å²) in [7, 11) is 0. The molecule has 140 valence electrons. The number of nitrogens with zero attached hydrogens (tertiary/aromatic N) is 2. The first kappa shape index (κ1) is 21.3. The van der Waals surface area contributed by atoms with Crippen molar-refractivity contribution >= 4 is 36.0 Å². The minimum atomic E-state index is -0.463. The molecule has 1 aliphatic heterocycles. The van der Waals surface area contributed by atoms with Crippen molar-refractivity contribution in [1.82, 2.24) is 15.5 Å². The first-order chi connectivity index (χ1) is 10.8. The number of amides is 1. The van der Waals surface area contributed by atoms with E-state index < -0.39 is 5.60 Å². The van der Waals surface area contributed by atoms with Gasteiger partial charge in [-0.2, -0.15) is 0 Å². The Labute approximate surface area is 163 Å². The molecule has 0 aromatic carbocycles. The van der Waals surface area contributed by atoms with Crippen LogP contribution in [0.3, 0.4) is 0 Å². The summed E-state index contributed by atoms with van der Waals surface area (Å²) in [6.07, 6.45) is 5.01. The van der Waals surface area contributed by atoms with Crippen molar-refractivity contribution in [2.45, 2.75) is 59.0 Å². The number of halogens is 1. The lowest BCUT2D eigenvalue weighted by atomic mass is 9.68. The second-order valence-electron chi connectivity index (χ2n) is 7.69. The lowest BCUT2D eigenvalue weighted by Gasteiger charge is -2.38. The zero-order valence-electron chi connectivity index (χ0n) is 15.5. The van der Waals surface area contributed by atoms with Gasteiger partial charge in [-0.1, -0.05) is 6.42 Å². The molecule has 0 bridgehead atoms. The van der Waals surface area contributed by atoms with Gasteiger partial charge in [-0.3, -0.25) is 4.99 Å². The van der Waals surface area contributed by atoms with Crippen LogP contribution in [0.5, 0.6) is 0 Å². The quantitative estimate of drug-likeness (QED) is 0.298. The standard InChI is InChI=1S/C17H32N4O2.HI/c1-5-18-14(21-12-9-17(13-21)7-6-8-17)19-10-11-20-15(22)23-16(2,3)4;/h5-13H2,1-4H3,(H,18,19)(H,20,22);1H. The van der Waals surface area contributed by atoms with E-state index in [-0.39, 0.29) is 30.1 Å². The highest BCUT2D eigenvalue weighted by Gasteiger charge is 2.43. The van der Waals surface area contributed by atoms with E-state index >= 15 is 0 Å². The number of ether oxygens (including phenoxy) is 1. The number of carbonyl (C=O) groups excluding carboxylic acids is 1. The molecule has 2 aliphatic rings. The largest absolute Gasteiger partial charge is 0.444 e. The van der Waals surface area contributed by atoms with Gasteiger partial charge in [-0.15, -0.1) is 24.0 Å².